The van der Waals surface area contributed by atoms with Crippen LogP contribution in [0.2, 0.25) is 0 Å². The predicted octanol–water partition coefficient (Wildman–Crippen LogP) is 1.47. The third kappa shape index (κ3) is 3.25. The molecule has 1 N–H and O–H groups in total. The summed E-state index contributed by atoms with van der Waals surface area (Å²) in [4.78, 5) is 1.44. The highest BCUT2D eigenvalue weighted by atomic mass is 16.3. The molecule has 0 spiro atoms. The molecule has 1 aliphatic rings. The van der Waals surface area contributed by atoms with E-state index in [2.05, 4.69) is 29.3 Å². The normalized spacial score (nSPS) is 28.9. The molecule has 0 aromatic carbocycles. The number of hydrogen-bond acceptors (Lipinski definition) is 4. The van der Waals surface area contributed by atoms with E-state index in [0.29, 0.717) is 17.7 Å². The molecule has 96 valence electrons. The maximum atomic E-state index is 10.6. The van der Waals surface area contributed by atoms with Crippen LogP contribution in [0.25, 0.3) is 0 Å². The molecule has 1 aromatic heterocycles. The fourth-order valence-electron chi connectivity index (χ4n) is 2.58. The van der Waals surface area contributed by atoms with E-state index in [-0.39, 0.29) is 0 Å². The Bertz CT molecular complexity index is 388. The molecule has 1 aliphatic carbocycles. The van der Waals surface area contributed by atoms with E-state index in [0.717, 1.165) is 25.7 Å². The summed E-state index contributed by atoms with van der Waals surface area (Å²) in [5, 5.41) is 22.6. The van der Waals surface area contributed by atoms with Gasteiger partial charge in [0.05, 0.1) is 12.6 Å². The summed E-state index contributed by atoms with van der Waals surface area (Å²) in [7, 11) is 1.75. The van der Waals surface area contributed by atoms with Gasteiger partial charge >= 0.3 is 0 Å². The largest absolute Gasteiger partial charge is 0.389 e. The van der Waals surface area contributed by atoms with E-state index in [4.69, 9.17) is 0 Å². The maximum absolute atomic E-state index is 10.6. The summed E-state index contributed by atoms with van der Waals surface area (Å²) in [5.74, 6) is 0.648. The zero-order chi connectivity index (χ0) is 12.5. The molecular formula is C12H22N4O. The molecule has 1 saturated carbocycles. The average Bonchev–Trinajstić information content (AvgIpc) is 2.55. The van der Waals surface area contributed by atoms with Crippen molar-refractivity contribution in [1.82, 2.24) is 20.2 Å². The number of aromatic nitrogens is 4. The molecular weight excluding hydrogens is 216 g/mol. The second-order valence-electron chi connectivity index (χ2n) is 6.11. The standard InChI is InChI=1S/C12H22N4O/c1-11(2)5-4-6-12(17,8-7-11)9-10-13-15-16(3)14-10/h17H,4-9H2,1-3H3. The number of hydrogen-bond donors (Lipinski definition) is 1. The molecule has 0 aliphatic heterocycles. The Morgan fingerprint density at radius 1 is 1.24 bits per heavy atom. The van der Waals surface area contributed by atoms with Gasteiger partial charge in [-0.15, -0.1) is 10.2 Å². The van der Waals surface area contributed by atoms with Crippen molar-refractivity contribution in [3.8, 4) is 0 Å². The van der Waals surface area contributed by atoms with Crippen molar-refractivity contribution < 1.29 is 5.11 Å². The molecule has 1 fully saturated rings. The minimum absolute atomic E-state index is 0.347. The highest BCUT2D eigenvalue weighted by Gasteiger charge is 2.34. The molecule has 2 rings (SSSR count). The van der Waals surface area contributed by atoms with Gasteiger partial charge in [-0.25, -0.2) is 0 Å². The summed E-state index contributed by atoms with van der Waals surface area (Å²) in [6.07, 6.45) is 5.51. The van der Waals surface area contributed by atoms with Gasteiger partial charge in [-0.3, -0.25) is 0 Å². The summed E-state index contributed by atoms with van der Waals surface area (Å²) < 4.78 is 0. The van der Waals surface area contributed by atoms with Crippen molar-refractivity contribution >= 4 is 0 Å². The molecule has 17 heavy (non-hydrogen) atoms. The second-order valence-corrected chi connectivity index (χ2v) is 6.11. The molecule has 0 saturated heterocycles. The zero-order valence-corrected chi connectivity index (χ0v) is 11.0. The first-order valence-electron chi connectivity index (χ1n) is 6.34. The van der Waals surface area contributed by atoms with E-state index in [9.17, 15) is 5.11 Å². The Morgan fingerprint density at radius 3 is 2.65 bits per heavy atom. The van der Waals surface area contributed by atoms with Crippen molar-refractivity contribution in [2.45, 2.75) is 58.0 Å². The van der Waals surface area contributed by atoms with Crippen LogP contribution >= 0.6 is 0 Å². The van der Waals surface area contributed by atoms with Gasteiger partial charge in [-0.05, 0) is 36.3 Å². The average molecular weight is 238 g/mol. The molecule has 5 heteroatoms. The first-order valence-corrected chi connectivity index (χ1v) is 6.34. The quantitative estimate of drug-likeness (QED) is 0.793. The Kier molecular flexibility index (Phi) is 3.21. The fraction of sp³-hybridized carbons (Fsp3) is 0.917. The molecule has 5 nitrogen and oxygen atoms in total. The third-order valence-electron chi connectivity index (χ3n) is 3.80. The summed E-state index contributed by atoms with van der Waals surface area (Å²) >= 11 is 0. The lowest BCUT2D eigenvalue weighted by molar-refractivity contribution is 0.0207. The van der Waals surface area contributed by atoms with Crippen LogP contribution in [0.1, 0.15) is 51.8 Å². The topological polar surface area (TPSA) is 63.8 Å². The smallest absolute Gasteiger partial charge is 0.177 e. The van der Waals surface area contributed by atoms with Crippen LogP contribution < -0.4 is 0 Å². The minimum Gasteiger partial charge on any atom is -0.389 e. The van der Waals surface area contributed by atoms with Crippen molar-refractivity contribution in [2.75, 3.05) is 0 Å². The lowest BCUT2D eigenvalue weighted by Gasteiger charge is -2.26. The fourth-order valence-corrected chi connectivity index (χ4v) is 2.58. The first-order chi connectivity index (χ1) is 7.89. The van der Waals surface area contributed by atoms with Gasteiger partial charge in [0.15, 0.2) is 5.82 Å². The lowest BCUT2D eigenvalue weighted by atomic mass is 9.83. The Labute approximate surface area is 102 Å². The molecule has 0 amide bonds. The molecule has 1 atom stereocenters. The van der Waals surface area contributed by atoms with Gasteiger partial charge in [0.2, 0.25) is 0 Å². The summed E-state index contributed by atoms with van der Waals surface area (Å²) in [6, 6.07) is 0. The van der Waals surface area contributed by atoms with Gasteiger partial charge in [0.1, 0.15) is 0 Å². The molecule has 1 unspecified atom stereocenters. The SMILES string of the molecule is Cn1nnc(CC2(O)CCCC(C)(C)CC2)n1. The number of nitrogens with zero attached hydrogens (tertiary/aromatic N) is 4. The van der Waals surface area contributed by atoms with E-state index in [1.807, 2.05) is 0 Å². The Balaban J connectivity index is 2.03. The number of aryl methyl sites for hydroxylation is 1. The van der Waals surface area contributed by atoms with Gasteiger partial charge < -0.3 is 5.11 Å². The van der Waals surface area contributed by atoms with Crippen molar-refractivity contribution in [2.24, 2.45) is 12.5 Å². The van der Waals surface area contributed by atoms with Gasteiger partial charge in [0, 0.05) is 6.42 Å². The van der Waals surface area contributed by atoms with Gasteiger partial charge in [-0.2, -0.15) is 4.80 Å². The molecule has 1 heterocycles. The van der Waals surface area contributed by atoms with E-state index >= 15 is 0 Å². The lowest BCUT2D eigenvalue weighted by Crippen LogP contribution is -2.31. The number of aliphatic hydroxyl groups is 1. The van der Waals surface area contributed by atoms with E-state index in [1.54, 1.807) is 7.05 Å². The maximum Gasteiger partial charge on any atom is 0.177 e. The van der Waals surface area contributed by atoms with E-state index in [1.165, 1.54) is 11.2 Å². The van der Waals surface area contributed by atoms with E-state index < -0.39 is 5.60 Å². The van der Waals surface area contributed by atoms with Crippen molar-refractivity contribution in [3.05, 3.63) is 5.82 Å². The Morgan fingerprint density at radius 2 is 2.00 bits per heavy atom. The van der Waals surface area contributed by atoms with Crippen molar-refractivity contribution in [3.63, 3.8) is 0 Å². The first kappa shape index (κ1) is 12.5. The van der Waals surface area contributed by atoms with Gasteiger partial charge in [0.25, 0.3) is 0 Å². The van der Waals surface area contributed by atoms with Crippen LogP contribution in [-0.4, -0.2) is 30.9 Å². The van der Waals surface area contributed by atoms with Crippen LogP contribution in [-0.2, 0) is 13.5 Å². The predicted molar refractivity (Wildman–Crippen MR) is 64.3 cm³/mol. The Hall–Kier alpha value is -0.970. The monoisotopic (exact) mass is 238 g/mol. The number of tetrazole rings is 1. The minimum atomic E-state index is -0.642. The molecule has 1 aromatic rings. The van der Waals surface area contributed by atoms with Crippen LogP contribution in [0.15, 0.2) is 0 Å². The summed E-state index contributed by atoms with van der Waals surface area (Å²) in [6.45, 7) is 4.55. The highest BCUT2D eigenvalue weighted by Crippen LogP contribution is 2.38. The molecule has 0 radical (unpaired) electrons. The van der Waals surface area contributed by atoms with Crippen LogP contribution in [0.5, 0.6) is 0 Å². The summed E-state index contributed by atoms with van der Waals surface area (Å²) in [5.41, 5.74) is -0.295. The second kappa shape index (κ2) is 4.37. The van der Waals surface area contributed by atoms with Crippen LogP contribution in [0.4, 0.5) is 0 Å². The molecule has 0 bridgehead atoms. The van der Waals surface area contributed by atoms with Crippen LogP contribution in [0.3, 0.4) is 0 Å². The van der Waals surface area contributed by atoms with Crippen molar-refractivity contribution in [1.29, 1.82) is 0 Å². The highest BCUT2D eigenvalue weighted by molar-refractivity contribution is 4.94. The van der Waals surface area contributed by atoms with Gasteiger partial charge in [-0.1, -0.05) is 20.3 Å². The van der Waals surface area contributed by atoms with Crippen LogP contribution in [0, 0.1) is 5.41 Å². The zero-order valence-electron chi connectivity index (χ0n) is 11.0. The number of rotatable bonds is 2. The third-order valence-corrected chi connectivity index (χ3v) is 3.80.